The molecule has 10 aromatic heterocycles. The fourth-order valence-corrected chi connectivity index (χ4v) is 21.7. The fraction of sp³-hybridized carbons (Fsp3) is 0.364. The molecule has 5 saturated carbocycles. The third kappa shape index (κ3) is 17.6. The predicted molar refractivity (Wildman–Crippen MR) is 550 cm³/mol. The quantitative estimate of drug-likeness (QED) is 0.103. The van der Waals surface area contributed by atoms with Crippen LogP contribution in [0.25, 0.3) is 56.7 Å². The van der Waals surface area contributed by atoms with Gasteiger partial charge in [-0.1, -0.05) is 39.0 Å². The van der Waals surface area contributed by atoms with Crippen LogP contribution in [0.3, 0.4) is 0 Å². The van der Waals surface area contributed by atoms with Crippen molar-refractivity contribution in [1.82, 2.24) is 99.6 Å². The lowest BCUT2D eigenvalue weighted by molar-refractivity contribution is 0.219. The zero-order chi connectivity index (χ0) is 100. The molecule has 5 N–H and O–H groups in total. The zero-order valence-electron chi connectivity index (χ0n) is 82.9. The van der Waals surface area contributed by atoms with Gasteiger partial charge in [-0.25, -0.2) is 69.4 Å². The van der Waals surface area contributed by atoms with E-state index in [9.17, 15) is 22.0 Å². The zero-order valence-corrected chi connectivity index (χ0v) is 82.9. The summed E-state index contributed by atoms with van der Waals surface area (Å²) in [5, 5.41) is 39.4. The largest absolute Gasteiger partial charge is 0.491 e. The Bertz CT molecular complexity index is 7180. The summed E-state index contributed by atoms with van der Waals surface area (Å²) in [5.74, 6) is 5.95. The summed E-state index contributed by atoms with van der Waals surface area (Å²) >= 11 is 0. The number of rotatable bonds is 4. The van der Waals surface area contributed by atoms with Crippen LogP contribution in [0.1, 0.15) is 194 Å². The van der Waals surface area contributed by atoms with Crippen LogP contribution in [0.4, 0.5) is 51.0 Å². The molecule has 15 heterocycles. The van der Waals surface area contributed by atoms with Crippen molar-refractivity contribution < 1.29 is 40.9 Å². The molecular formula is C110H120F5N25O4. The summed E-state index contributed by atoms with van der Waals surface area (Å²) in [7, 11) is 2.06. The minimum absolute atomic E-state index is 0.0109. The van der Waals surface area contributed by atoms with E-state index in [1.54, 1.807) is 104 Å². The molecule has 29 nitrogen and oxygen atoms in total. The van der Waals surface area contributed by atoms with Crippen molar-refractivity contribution in [2.75, 3.05) is 84.0 Å². The molecule has 10 bridgehead atoms. The average molecular weight is 1950 g/mol. The number of benzene rings is 5. The molecule has 10 aliphatic rings. The van der Waals surface area contributed by atoms with Crippen LogP contribution >= 0.6 is 0 Å². The van der Waals surface area contributed by atoms with Gasteiger partial charge < -0.3 is 70.0 Å². The van der Waals surface area contributed by atoms with Crippen LogP contribution in [0, 0.1) is 29.1 Å². The second kappa shape index (κ2) is 37.6. The molecule has 0 amide bonds. The highest BCUT2D eigenvalue weighted by Crippen LogP contribution is 2.60. The number of hydrogen-bond acceptors (Lipinski definition) is 24. The van der Waals surface area contributed by atoms with E-state index in [0.29, 0.717) is 26.3 Å². The summed E-state index contributed by atoms with van der Waals surface area (Å²) in [5.41, 5.74) is 16.4. The van der Waals surface area contributed by atoms with Gasteiger partial charge in [-0.05, 0) is 272 Å². The number of aryl methyl sites for hydroxylation is 1. The Morgan fingerprint density at radius 1 is 0.368 bits per heavy atom. The van der Waals surface area contributed by atoms with E-state index in [2.05, 4.69) is 151 Å². The molecule has 0 unspecified atom stereocenters. The average Bonchev–Trinajstić information content (AvgIpc) is 1.58. The van der Waals surface area contributed by atoms with E-state index in [1.807, 2.05) is 106 Å². The standard InChI is InChI=1S/4C22H24FN5O.C22H24FN5/c2*1-4-27-20-7-10-28-21(26-20)17(12-24-28)15(3)25-14(2)13-29-19-6-5-16(23)11-18(19)22(27)8-9-22;2*1-4-27-20-7-10-28-21(26-20)17(13-25-28)15(3)24-12-14(2)29-19-6-5-16(23)11-18(19)22(27)8-9-22;1-14-4-5-16-6-7-17(23)12-18(16)22(10-11-22)27(3)21-9-8-20-24-13-19(15(2)25-14)28(20)26-21/h2*5-7,10-12,14,25H,3-4,8-9,13H2,1-2H3;2*5-7,10-11,13-14,24H,3-4,8-9,12H2,1-2H3;6-9,12-14,25H,2,4-5,10-11H2,1,3H3/t5*14-/m10101/s1. The molecule has 0 radical (unpaired) electrons. The molecule has 5 atom stereocenters. The SMILES string of the molecule is C=C1NC[C@@H](C)Oc2ccc(F)cc2C2(CC2)N(CC)c2ccn3ncc1c3n2.C=C1NC[C@H](C)Oc2ccc(F)cc2C2(CC2)N(CC)c2ccn3ncc1c3n2.C=C1N[C@@H](C)COc2ccc(F)cc2C2(CC2)N(CC)c2ccn3ncc1c3n2.C=C1N[C@H](C)CCc2ccc(F)cc2C2(CC2)N(C)c2ccc3ncc1n3n2.C=C1N[C@H](C)COc2ccc(F)cc2C2(CC2)N(CC)c2ccn3ncc1c3n2. The molecule has 5 aliphatic carbocycles. The summed E-state index contributed by atoms with van der Waals surface area (Å²) in [6.07, 6.45) is 27.6. The maximum atomic E-state index is 14.3. The lowest BCUT2D eigenvalue weighted by Crippen LogP contribution is -2.37. The van der Waals surface area contributed by atoms with E-state index < -0.39 is 0 Å². The van der Waals surface area contributed by atoms with E-state index >= 15 is 0 Å². The van der Waals surface area contributed by atoms with Crippen molar-refractivity contribution in [3.8, 4) is 23.0 Å². The van der Waals surface area contributed by atoms with Crippen molar-refractivity contribution in [2.45, 2.75) is 197 Å². The molecule has 5 spiro atoms. The highest BCUT2D eigenvalue weighted by molar-refractivity contribution is 5.79. The highest BCUT2D eigenvalue weighted by Gasteiger charge is 2.57. The Hall–Kier alpha value is -15.3. The molecule has 34 heteroatoms. The van der Waals surface area contributed by atoms with Crippen molar-refractivity contribution in [1.29, 1.82) is 0 Å². The summed E-state index contributed by atoms with van der Waals surface area (Å²) < 4.78 is 105. The minimum atomic E-state index is -0.310. The van der Waals surface area contributed by atoms with Gasteiger partial charge in [-0.2, -0.15) is 20.4 Å². The predicted octanol–water partition coefficient (Wildman–Crippen LogP) is 18.8. The first-order valence-electron chi connectivity index (χ1n) is 49.9. The summed E-state index contributed by atoms with van der Waals surface area (Å²) in [6.45, 7) is 44.5. The van der Waals surface area contributed by atoms with Crippen LogP contribution in [0.5, 0.6) is 23.0 Å². The second-order valence-corrected chi connectivity index (χ2v) is 39.4. The Labute approximate surface area is 832 Å². The number of fused-ring (bicyclic) bond motifs is 15. The number of imidazole rings is 1. The lowest BCUT2D eigenvalue weighted by Gasteiger charge is -2.34. The molecule has 25 rings (SSSR count). The maximum absolute atomic E-state index is 14.3. The monoisotopic (exact) mass is 1950 g/mol. The lowest BCUT2D eigenvalue weighted by atomic mass is 9.93. The molecule has 5 aromatic carbocycles. The molecule has 5 fully saturated rings. The van der Waals surface area contributed by atoms with Crippen LogP contribution in [-0.2, 0) is 34.1 Å². The highest BCUT2D eigenvalue weighted by atomic mass is 19.1. The van der Waals surface area contributed by atoms with Gasteiger partial charge in [0.25, 0.3) is 0 Å². The number of ether oxygens (including phenoxy) is 4. The molecule has 5 aliphatic heterocycles. The first kappa shape index (κ1) is 95.0. The number of nitrogens with one attached hydrogen (secondary N) is 5. The first-order valence-corrected chi connectivity index (χ1v) is 49.9. The van der Waals surface area contributed by atoms with Gasteiger partial charge in [0.2, 0.25) is 0 Å². The van der Waals surface area contributed by atoms with Gasteiger partial charge in [0.15, 0.2) is 28.2 Å². The number of anilines is 5. The Morgan fingerprint density at radius 3 is 1.06 bits per heavy atom. The minimum Gasteiger partial charge on any atom is -0.491 e. The topological polar surface area (TPSA) is 264 Å². The van der Waals surface area contributed by atoms with E-state index in [1.165, 1.54) is 29.8 Å². The summed E-state index contributed by atoms with van der Waals surface area (Å²) in [6, 6.07) is 36.6. The number of nitrogens with zero attached hydrogens (tertiary/aromatic N) is 20. The Morgan fingerprint density at radius 2 is 0.701 bits per heavy atom. The fourth-order valence-electron chi connectivity index (χ4n) is 21.7. The van der Waals surface area contributed by atoms with Crippen molar-refractivity contribution >= 4 is 85.8 Å². The Kier molecular flexibility index (Phi) is 24.8. The smallest absolute Gasteiger partial charge is 0.166 e. The van der Waals surface area contributed by atoms with Gasteiger partial charge in [0.1, 0.15) is 112 Å². The number of halogens is 5. The van der Waals surface area contributed by atoms with Gasteiger partial charge >= 0.3 is 0 Å². The molecule has 744 valence electrons. The third-order valence-corrected chi connectivity index (χ3v) is 29.7. The molecule has 15 aromatic rings. The van der Waals surface area contributed by atoms with E-state index in [0.717, 1.165) is 268 Å². The maximum Gasteiger partial charge on any atom is 0.166 e. The van der Waals surface area contributed by atoms with Crippen molar-refractivity contribution in [3.05, 3.63) is 306 Å². The van der Waals surface area contributed by atoms with E-state index in [-0.39, 0.29) is 87.1 Å². The van der Waals surface area contributed by atoms with Crippen LogP contribution in [0.15, 0.2) is 216 Å². The van der Waals surface area contributed by atoms with Gasteiger partial charge in [-0.15, -0.1) is 5.10 Å². The second-order valence-electron chi connectivity index (χ2n) is 39.4. The molecule has 0 saturated heterocycles. The molecule has 144 heavy (non-hydrogen) atoms. The summed E-state index contributed by atoms with van der Waals surface area (Å²) in [4.78, 5) is 35.4. The normalized spacial score (nSPS) is 20.6. The van der Waals surface area contributed by atoms with Crippen molar-refractivity contribution in [2.24, 2.45) is 0 Å². The third-order valence-electron chi connectivity index (χ3n) is 29.7. The van der Waals surface area contributed by atoms with Gasteiger partial charge in [0.05, 0.1) is 112 Å². The van der Waals surface area contributed by atoms with Gasteiger partial charge in [0, 0.05) is 109 Å². The van der Waals surface area contributed by atoms with E-state index in [4.69, 9.17) is 44.0 Å². The van der Waals surface area contributed by atoms with Crippen LogP contribution in [0.2, 0.25) is 0 Å². The first-order chi connectivity index (χ1) is 69.5. The van der Waals surface area contributed by atoms with Crippen LogP contribution < -0.4 is 70.0 Å². The Balaban J connectivity index is 0.000000106. The van der Waals surface area contributed by atoms with Crippen molar-refractivity contribution in [3.63, 3.8) is 0 Å². The number of aromatic nitrogens is 15. The van der Waals surface area contributed by atoms with Gasteiger partial charge in [-0.3, -0.25) is 0 Å². The van der Waals surface area contributed by atoms with Crippen LogP contribution in [-0.4, -0.2) is 163 Å². The number of hydrogen-bond donors (Lipinski definition) is 5. The molecular weight excluding hydrogens is 1830 g/mol.